The van der Waals surface area contributed by atoms with E-state index in [2.05, 4.69) is 5.32 Å². The number of amides is 2. The summed E-state index contributed by atoms with van der Waals surface area (Å²) < 4.78 is 6.12. The van der Waals surface area contributed by atoms with Crippen LogP contribution in [0.15, 0.2) is 48.5 Å². The lowest BCUT2D eigenvalue weighted by Crippen LogP contribution is -2.50. The number of anilines is 1. The van der Waals surface area contributed by atoms with Crippen molar-refractivity contribution in [2.45, 2.75) is 43.9 Å². The van der Waals surface area contributed by atoms with E-state index in [9.17, 15) is 4.79 Å². The molecular weight excluding hydrogens is 371 g/mol. The quantitative estimate of drug-likeness (QED) is 0.740. The predicted molar refractivity (Wildman–Crippen MR) is 104 cm³/mol. The number of carbonyl (C=O) groups excluding carboxylic acids is 1. The van der Waals surface area contributed by atoms with Crippen molar-refractivity contribution >= 4 is 34.9 Å². The van der Waals surface area contributed by atoms with Gasteiger partial charge in [-0.2, -0.15) is 0 Å². The summed E-state index contributed by atoms with van der Waals surface area (Å²) in [6.45, 7) is 0. The van der Waals surface area contributed by atoms with Gasteiger partial charge < -0.3 is 15.0 Å². The number of hydrogen-bond acceptors (Lipinski definition) is 2. The van der Waals surface area contributed by atoms with Crippen LogP contribution in [0.5, 0.6) is 5.75 Å². The van der Waals surface area contributed by atoms with Crippen LogP contribution in [-0.4, -0.2) is 29.1 Å². The maximum absolute atomic E-state index is 12.7. The molecule has 2 heterocycles. The summed E-state index contributed by atoms with van der Waals surface area (Å²) >= 11 is 12.0. The molecule has 4 nitrogen and oxygen atoms in total. The lowest BCUT2D eigenvalue weighted by atomic mass is 10.00. The normalized spacial score (nSPS) is 24.4. The summed E-state index contributed by atoms with van der Waals surface area (Å²) in [5.74, 6) is 0.728. The number of ether oxygens (including phenoxy) is 1. The van der Waals surface area contributed by atoms with Crippen LogP contribution < -0.4 is 10.1 Å². The Hall–Kier alpha value is -1.91. The number of halogens is 2. The first-order valence-electron chi connectivity index (χ1n) is 8.86. The highest BCUT2D eigenvalue weighted by atomic mass is 35.5. The minimum Gasteiger partial charge on any atom is -0.490 e. The van der Waals surface area contributed by atoms with Gasteiger partial charge in [0.1, 0.15) is 11.9 Å². The fourth-order valence-corrected chi connectivity index (χ4v) is 4.30. The lowest BCUT2D eigenvalue weighted by molar-refractivity contribution is 0.0732. The standard InChI is InChI=1S/C20H20Cl2N2O2/c21-18-9-8-16(12-19(18)22)26-17-10-14-6-7-15(11-17)24(14)20(25)23-13-4-2-1-3-5-13/h1-5,8-9,12,14-15,17H,6-7,10-11H2,(H,23,25). The lowest BCUT2D eigenvalue weighted by Gasteiger charge is -2.38. The number of urea groups is 1. The monoisotopic (exact) mass is 390 g/mol. The van der Waals surface area contributed by atoms with Gasteiger partial charge in [0.2, 0.25) is 0 Å². The summed E-state index contributed by atoms with van der Waals surface area (Å²) in [6.07, 6.45) is 3.80. The van der Waals surface area contributed by atoms with Crippen molar-refractivity contribution in [3.63, 3.8) is 0 Å². The third-order valence-corrected chi connectivity index (χ3v) is 5.88. The molecule has 0 aromatic heterocycles. The Morgan fingerprint density at radius 1 is 1.00 bits per heavy atom. The van der Waals surface area contributed by atoms with E-state index in [1.54, 1.807) is 12.1 Å². The summed E-state index contributed by atoms with van der Waals surface area (Å²) in [4.78, 5) is 14.7. The van der Waals surface area contributed by atoms with Crippen molar-refractivity contribution in [3.05, 3.63) is 58.6 Å². The van der Waals surface area contributed by atoms with Crippen LogP contribution in [0.2, 0.25) is 10.0 Å². The molecule has 2 fully saturated rings. The van der Waals surface area contributed by atoms with E-state index >= 15 is 0 Å². The molecule has 1 N–H and O–H groups in total. The highest BCUT2D eigenvalue weighted by Gasteiger charge is 2.44. The highest BCUT2D eigenvalue weighted by molar-refractivity contribution is 6.42. The molecule has 2 unspecified atom stereocenters. The van der Waals surface area contributed by atoms with Gasteiger partial charge in [0.15, 0.2) is 0 Å². The molecule has 2 aliphatic heterocycles. The molecule has 4 rings (SSSR count). The van der Waals surface area contributed by atoms with Crippen LogP contribution in [0, 0.1) is 0 Å². The molecule has 2 atom stereocenters. The van der Waals surface area contributed by atoms with Gasteiger partial charge in [-0.3, -0.25) is 0 Å². The maximum Gasteiger partial charge on any atom is 0.322 e. The third-order valence-electron chi connectivity index (χ3n) is 5.14. The molecular formula is C20H20Cl2N2O2. The van der Waals surface area contributed by atoms with Gasteiger partial charge in [-0.15, -0.1) is 0 Å². The van der Waals surface area contributed by atoms with E-state index in [-0.39, 0.29) is 24.2 Å². The zero-order chi connectivity index (χ0) is 18.1. The van der Waals surface area contributed by atoms with Gasteiger partial charge in [-0.05, 0) is 37.1 Å². The smallest absolute Gasteiger partial charge is 0.322 e. The average Bonchev–Trinajstić information content (AvgIpc) is 2.90. The van der Waals surface area contributed by atoms with Crippen molar-refractivity contribution in [1.29, 1.82) is 0 Å². The van der Waals surface area contributed by atoms with Gasteiger partial charge >= 0.3 is 6.03 Å². The molecule has 136 valence electrons. The zero-order valence-electron chi connectivity index (χ0n) is 14.2. The molecule has 0 saturated carbocycles. The van der Waals surface area contributed by atoms with E-state index in [1.165, 1.54) is 0 Å². The molecule has 0 spiro atoms. The minimum absolute atomic E-state index is 0.0170. The van der Waals surface area contributed by atoms with Crippen molar-refractivity contribution in [2.24, 2.45) is 0 Å². The first-order chi connectivity index (χ1) is 12.6. The third kappa shape index (κ3) is 3.62. The van der Waals surface area contributed by atoms with Gasteiger partial charge in [-0.25, -0.2) is 4.79 Å². The van der Waals surface area contributed by atoms with Crippen molar-refractivity contribution in [2.75, 3.05) is 5.32 Å². The van der Waals surface area contributed by atoms with Crippen molar-refractivity contribution in [1.82, 2.24) is 4.90 Å². The van der Waals surface area contributed by atoms with Crippen molar-refractivity contribution in [3.8, 4) is 5.75 Å². The second-order valence-corrected chi connectivity index (χ2v) is 7.69. The summed E-state index contributed by atoms with van der Waals surface area (Å²) in [5.41, 5.74) is 0.825. The Labute approximate surface area is 163 Å². The van der Waals surface area contributed by atoms with E-state index < -0.39 is 0 Å². The molecule has 26 heavy (non-hydrogen) atoms. The molecule has 2 bridgehead atoms. The molecule has 0 radical (unpaired) electrons. The number of rotatable bonds is 3. The first kappa shape index (κ1) is 17.5. The van der Waals surface area contributed by atoms with E-state index in [0.29, 0.717) is 10.0 Å². The van der Waals surface area contributed by atoms with Crippen LogP contribution in [0.25, 0.3) is 0 Å². The Kier molecular flexibility index (Phi) is 4.96. The number of piperidine rings is 1. The predicted octanol–water partition coefficient (Wildman–Crippen LogP) is 5.60. The fraction of sp³-hybridized carbons (Fsp3) is 0.350. The average molecular weight is 391 g/mol. The van der Waals surface area contributed by atoms with Gasteiger partial charge in [0.05, 0.1) is 10.0 Å². The van der Waals surface area contributed by atoms with Crippen LogP contribution >= 0.6 is 23.2 Å². The summed E-state index contributed by atoms with van der Waals surface area (Å²) in [5, 5.41) is 4.02. The van der Waals surface area contributed by atoms with Crippen LogP contribution in [0.1, 0.15) is 25.7 Å². The largest absolute Gasteiger partial charge is 0.490 e. The molecule has 2 aromatic carbocycles. The second kappa shape index (κ2) is 7.37. The van der Waals surface area contributed by atoms with E-state index in [1.807, 2.05) is 41.3 Å². The van der Waals surface area contributed by atoms with E-state index in [0.717, 1.165) is 37.1 Å². The fourth-order valence-electron chi connectivity index (χ4n) is 4.01. The van der Waals surface area contributed by atoms with Crippen LogP contribution in [-0.2, 0) is 0 Å². The highest BCUT2D eigenvalue weighted by Crippen LogP contribution is 2.38. The summed E-state index contributed by atoms with van der Waals surface area (Å²) in [7, 11) is 0. The SMILES string of the molecule is O=C(Nc1ccccc1)N1C2CCC1CC(Oc1ccc(Cl)c(Cl)c1)C2. The Morgan fingerprint density at radius 3 is 2.35 bits per heavy atom. The molecule has 2 aliphatic rings. The van der Waals surface area contributed by atoms with Gasteiger partial charge in [0.25, 0.3) is 0 Å². The van der Waals surface area contributed by atoms with Crippen molar-refractivity contribution < 1.29 is 9.53 Å². The van der Waals surface area contributed by atoms with Crippen LogP contribution in [0.4, 0.5) is 10.5 Å². The molecule has 2 amide bonds. The molecule has 0 aliphatic carbocycles. The zero-order valence-corrected chi connectivity index (χ0v) is 15.7. The van der Waals surface area contributed by atoms with E-state index in [4.69, 9.17) is 27.9 Å². The number of benzene rings is 2. The summed E-state index contributed by atoms with van der Waals surface area (Å²) in [6, 6.07) is 15.3. The number of para-hydroxylation sites is 1. The number of fused-ring (bicyclic) bond motifs is 2. The van der Waals surface area contributed by atoms with Crippen LogP contribution in [0.3, 0.4) is 0 Å². The minimum atomic E-state index is -0.0170. The Bertz CT molecular complexity index is 786. The Balaban J connectivity index is 1.40. The number of nitrogens with zero attached hydrogens (tertiary/aromatic N) is 1. The van der Waals surface area contributed by atoms with Gasteiger partial charge in [0, 0.05) is 36.7 Å². The number of hydrogen-bond donors (Lipinski definition) is 1. The second-order valence-electron chi connectivity index (χ2n) is 6.88. The molecule has 6 heteroatoms. The Morgan fingerprint density at radius 2 is 1.69 bits per heavy atom. The van der Waals surface area contributed by atoms with Gasteiger partial charge in [-0.1, -0.05) is 41.4 Å². The molecule has 2 aromatic rings. The number of carbonyl (C=O) groups is 1. The first-order valence-corrected chi connectivity index (χ1v) is 9.62. The maximum atomic E-state index is 12.7. The topological polar surface area (TPSA) is 41.6 Å². The number of nitrogens with one attached hydrogen (secondary N) is 1. The molecule has 2 saturated heterocycles.